The Hall–Kier alpha value is -2.41. The minimum Gasteiger partial charge on any atom is -0.271 e. The summed E-state index contributed by atoms with van der Waals surface area (Å²) in [5.74, 6) is -0.0389. The third kappa shape index (κ3) is 2.96. The van der Waals surface area contributed by atoms with Crippen molar-refractivity contribution in [1.82, 2.24) is 5.43 Å². The van der Waals surface area contributed by atoms with Crippen molar-refractivity contribution in [3.63, 3.8) is 0 Å². The minimum absolute atomic E-state index is 0.254. The largest absolute Gasteiger partial charge is 0.271 e. The Kier molecular flexibility index (Phi) is 4.40. The highest BCUT2D eigenvalue weighted by molar-refractivity contribution is 7.93. The number of benzene rings is 2. The fraction of sp³-hybridized carbons (Fsp3) is 0.368. The highest BCUT2D eigenvalue weighted by Crippen LogP contribution is 2.41. The molecule has 6 nitrogen and oxygen atoms in total. The van der Waals surface area contributed by atoms with Gasteiger partial charge in [0.25, 0.3) is 15.9 Å². The van der Waals surface area contributed by atoms with E-state index >= 15 is 0 Å². The summed E-state index contributed by atoms with van der Waals surface area (Å²) in [6, 6.07) is 10.6. The average Bonchev–Trinajstić information content (AvgIpc) is 2.86. The number of hydrazone groups is 1. The molecule has 0 radical (unpaired) electrons. The van der Waals surface area contributed by atoms with E-state index < -0.39 is 15.9 Å². The fourth-order valence-corrected chi connectivity index (χ4v) is 5.46. The molecule has 1 fully saturated rings. The molecule has 0 atom stereocenters. The normalized spacial score (nSPS) is 19.3. The molecule has 2 aromatic carbocycles. The Bertz CT molecular complexity index is 973. The maximum absolute atomic E-state index is 12.8. The summed E-state index contributed by atoms with van der Waals surface area (Å²) in [7, 11) is -3.72. The molecule has 1 aliphatic heterocycles. The summed E-state index contributed by atoms with van der Waals surface area (Å²) < 4.78 is 26.8. The number of carbonyl (C=O) groups is 1. The molecule has 2 aromatic rings. The summed E-state index contributed by atoms with van der Waals surface area (Å²) in [5, 5.41) is 5.56. The van der Waals surface area contributed by atoms with Gasteiger partial charge in [0, 0.05) is 11.6 Å². The van der Waals surface area contributed by atoms with Gasteiger partial charge in [-0.25, -0.2) is 13.8 Å². The number of hydrogen-bond acceptors (Lipinski definition) is 4. The van der Waals surface area contributed by atoms with Crippen LogP contribution in [0, 0.1) is 5.92 Å². The van der Waals surface area contributed by atoms with Gasteiger partial charge in [-0.05, 0) is 36.3 Å². The van der Waals surface area contributed by atoms with Gasteiger partial charge in [-0.1, -0.05) is 43.5 Å². The third-order valence-corrected chi connectivity index (χ3v) is 6.89. The van der Waals surface area contributed by atoms with Gasteiger partial charge in [0.1, 0.15) is 6.54 Å². The van der Waals surface area contributed by atoms with Crippen LogP contribution in [-0.4, -0.2) is 27.1 Å². The summed E-state index contributed by atoms with van der Waals surface area (Å²) in [6.45, 7) is -0.280. The van der Waals surface area contributed by atoms with E-state index in [2.05, 4.69) is 10.5 Å². The molecule has 0 aromatic heterocycles. The molecule has 136 valence electrons. The molecule has 2 aliphatic rings. The lowest BCUT2D eigenvalue weighted by Gasteiger charge is -2.18. The minimum atomic E-state index is -3.72. The van der Waals surface area contributed by atoms with Crippen molar-refractivity contribution >= 4 is 38.6 Å². The van der Waals surface area contributed by atoms with E-state index in [0.717, 1.165) is 22.5 Å². The molecular weight excluding hydrogens is 350 g/mol. The first kappa shape index (κ1) is 17.0. The lowest BCUT2D eigenvalue weighted by atomic mass is 9.90. The summed E-state index contributed by atoms with van der Waals surface area (Å²) >= 11 is 0. The smallest absolute Gasteiger partial charge is 0.265 e. The van der Waals surface area contributed by atoms with Crippen molar-refractivity contribution in [3.05, 3.63) is 36.4 Å². The van der Waals surface area contributed by atoms with Crippen LogP contribution in [0.3, 0.4) is 0 Å². The van der Waals surface area contributed by atoms with E-state index in [4.69, 9.17) is 0 Å². The lowest BCUT2D eigenvalue weighted by molar-refractivity contribution is -0.119. The van der Waals surface area contributed by atoms with E-state index in [1.165, 1.54) is 19.3 Å². The van der Waals surface area contributed by atoms with Gasteiger partial charge in [-0.3, -0.25) is 9.10 Å². The number of amides is 1. The van der Waals surface area contributed by atoms with Crippen molar-refractivity contribution in [1.29, 1.82) is 0 Å². The molecule has 0 bridgehead atoms. The molecule has 7 heteroatoms. The average molecular weight is 371 g/mol. The van der Waals surface area contributed by atoms with Gasteiger partial charge < -0.3 is 0 Å². The van der Waals surface area contributed by atoms with Crippen molar-refractivity contribution in [2.45, 2.75) is 37.0 Å². The van der Waals surface area contributed by atoms with Crippen LogP contribution in [0.4, 0.5) is 5.69 Å². The van der Waals surface area contributed by atoms with Gasteiger partial charge in [0.05, 0.1) is 10.6 Å². The summed E-state index contributed by atoms with van der Waals surface area (Å²) in [5.41, 5.74) is 3.02. The van der Waals surface area contributed by atoms with Crippen molar-refractivity contribution in [2.75, 3.05) is 10.8 Å². The van der Waals surface area contributed by atoms with Crippen molar-refractivity contribution in [3.8, 4) is 0 Å². The zero-order valence-electron chi connectivity index (χ0n) is 14.4. The molecule has 1 N–H and O–H groups in total. The first-order chi connectivity index (χ1) is 12.6. The second-order valence-electron chi connectivity index (χ2n) is 6.85. The molecular formula is C19H21N3O3S. The quantitative estimate of drug-likeness (QED) is 0.663. The topological polar surface area (TPSA) is 78.8 Å². The van der Waals surface area contributed by atoms with E-state index in [-0.39, 0.29) is 11.4 Å². The van der Waals surface area contributed by atoms with Crippen LogP contribution >= 0.6 is 0 Å². The number of nitrogens with zero attached hydrogens (tertiary/aromatic N) is 2. The van der Waals surface area contributed by atoms with Crippen LogP contribution in [-0.2, 0) is 14.8 Å². The van der Waals surface area contributed by atoms with E-state index in [9.17, 15) is 13.2 Å². The summed E-state index contributed by atoms with van der Waals surface area (Å²) in [6.07, 6.45) is 7.62. The second kappa shape index (κ2) is 6.72. The molecule has 0 saturated heterocycles. The van der Waals surface area contributed by atoms with Crippen LogP contribution < -0.4 is 9.73 Å². The van der Waals surface area contributed by atoms with Gasteiger partial charge >= 0.3 is 0 Å². The second-order valence-corrected chi connectivity index (χ2v) is 8.69. The van der Waals surface area contributed by atoms with Crippen LogP contribution in [0.1, 0.15) is 32.1 Å². The maximum Gasteiger partial charge on any atom is 0.265 e. The van der Waals surface area contributed by atoms with E-state index in [1.54, 1.807) is 30.5 Å². The van der Waals surface area contributed by atoms with Gasteiger partial charge in [-0.2, -0.15) is 5.10 Å². The third-order valence-electron chi connectivity index (χ3n) is 5.09. The first-order valence-electron chi connectivity index (χ1n) is 8.94. The molecule has 1 aliphatic carbocycles. The van der Waals surface area contributed by atoms with Gasteiger partial charge in [0.2, 0.25) is 0 Å². The molecule has 1 heterocycles. The summed E-state index contributed by atoms with van der Waals surface area (Å²) in [4.78, 5) is 12.5. The number of nitrogens with one attached hydrogen (secondary N) is 1. The fourth-order valence-electron chi connectivity index (χ4n) is 3.79. The monoisotopic (exact) mass is 371 g/mol. The number of rotatable bonds is 4. The highest BCUT2D eigenvalue weighted by Gasteiger charge is 2.36. The van der Waals surface area contributed by atoms with Crippen LogP contribution in [0.15, 0.2) is 46.4 Å². The molecule has 26 heavy (non-hydrogen) atoms. The Labute approximate surface area is 152 Å². The molecule has 1 saturated carbocycles. The Morgan fingerprint density at radius 3 is 2.65 bits per heavy atom. The standard InChI is InChI=1S/C19H21N3O3S/c23-18(21-20-12-14-6-2-1-3-7-14)13-22-16-10-4-8-15-9-5-11-17(19(15)16)26(22,24)25/h4-5,8-12,14H,1-3,6-7,13H2,(H,21,23)/b20-12-. The van der Waals surface area contributed by atoms with E-state index in [1.807, 2.05) is 12.1 Å². The van der Waals surface area contributed by atoms with Crippen LogP contribution in [0.5, 0.6) is 0 Å². The SMILES string of the molecule is O=C(CN1c2cccc3cccc(c23)S1(=O)=O)N/N=C\C1CCCCC1. The molecule has 4 rings (SSSR count). The molecule has 0 spiro atoms. The Morgan fingerprint density at radius 2 is 1.88 bits per heavy atom. The Balaban J connectivity index is 1.51. The number of anilines is 1. The predicted molar refractivity (Wildman–Crippen MR) is 102 cm³/mol. The van der Waals surface area contributed by atoms with Gasteiger partial charge in [-0.15, -0.1) is 0 Å². The zero-order valence-corrected chi connectivity index (χ0v) is 15.2. The first-order valence-corrected chi connectivity index (χ1v) is 10.4. The maximum atomic E-state index is 12.8. The van der Waals surface area contributed by atoms with Gasteiger partial charge in [0.15, 0.2) is 0 Å². The van der Waals surface area contributed by atoms with Crippen LogP contribution in [0.2, 0.25) is 0 Å². The Morgan fingerprint density at radius 1 is 1.15 bits per heavy atom. The van der Waals surface area contributed by atoms with Crippen molar-refractivity contribution < 1.29 is 13.2 Å². The predicted octanol–water partition coefficient (Wildman–Crippen LogP) is 3.03. The molecule has 1 amide bonds. The molecule has 0 unspecified atom stereocenters. The number of hydrogen-bond donors (Lipinski definition) is 1. The van der Waals surface area contributed by atoms with E-state index in [0.29, 0.717) is 17.0 Å². The number of carbonyl (C=O) groups excluding carboxylic acids is 1. The van der Waals surface area contributed by atoms with Crippen LogP contribution in [0.25, 0.3) is 10.8 Å². The van der Waals surface area contributed by atoms with Crippen molar-refractivity contribution in [2.24, 2.45) is 11.0 Å². The zero-order chi connectivity index (χ0) is 18.1. The lowest BCUT2D eigenvalue weighted by Crippen LogP contribution is -2.37. The highest BCUT2D eigenvalue weighted by atomic mass is 32.2. The number of sulfonamides is 1.